The maximum Gasteiger partial charge on any atom is 0.182 e. The standard InChI is InChI=1S/C27H36N2O3/c1-26(2,3)20-12-18(13-21(24(20)32)27(4,5)6)22(31)15-29-14-19(16-30)23(25(29)28)17-10-8-7-9-11-17/h7-13,19,23,28,30,32H,14-16H2,1-6H3. The van der Waals surface area contributed by atoms with E-state index >= 15 is 0 Å². The summed E-state index contributed by atoms with van der Waals surface area (Å²) in [5, 5.41) is 29.6. The molecule has 172 valence electrons. The SMILES string of the molecule is CC(C)(C)c1cc(C(=O)CN2CC(CO)C(c3ccccc3)C2=N)cc(C(C)(C)C)c1O. The molecular formula is C27H36N2O3. The van der Waals surface area contributed by atoms with Gasteiger partial charge in [-0.05, 0) is 28.5 Å². The van der Waals surface area contributed by atoms with E-state index in [1.54, 1.807) is 17.0 Å². The molecule has 1 aliphatic heterocycles. The molecule has 2 atom stereocenters. The summed E-state index contributed by atoms with van der Waals surface area (Å²) in [7, 11) is 0. The average Bonchev–Trinajstić information content (AvgIpc) is 3.02. The number of phenolic OH excluding ortho intramolecular Hbond substituents is 1. The molecule has 2 aromatic rings. The lowest BCUT2D eigenvalue weighted by molar-refractivity contribution is 0.0959. The Labute approximate surface area is 191 Å². The summed E-state index contributed by atoms with van der Waals surface area (Å²) in [6, 6.07) is 13.3. The van der Waals surface area contributed by atoms with Crippen LogP contribution in [0.5, 0.6) is 5.75 Å². The molecule has 2 aromatic carbocycles. The number of nitrogens with one attached hydrogen (secondary N) is 1. The van der Waals surface area contributed by atoms with Gasteiger partial charge in [-0.2, -0.15) is 0 Å². The molecule has 32 heavy (non-hydrogen) atoms. The lowest BCUT2D eigenvalue weighted by Crippen LogP contribution is -2.32. The largest absolute Gasteiger partial charge is 0.507 e. The second-order valence-corrected chi connectivity index (χ2v) is 10.9. The lowest BCUT2D eigenvalue weighted by Gasteiger charge is -2.28. The quantitative estimate of drug-likeness (QED) is 0.585. The van der Waals surface area contributed by atoms with Crippen LogP contribution in [0, 0.1) is 11.3 Å². The molecule has 2 unspecified atom stereocenters. The topological polar surface area (TPSA) is 84.6 Å². The number of likely N-dealkylation sites (tertiary alicyclic amines) is 1. The minimum Gasteiger partial charge on any atom is -0.507 e. The van der Waals surface area contributed by atoms with E-state index in [0.29, 0.717) is 17.9 Å². The first kappa shape index (κ1) is 24.0. The summed E-state index contributed by atoms with van der Waals surface area (Å²) in [5.41, 5.74) is 2.40. The van der Waals surface area contributed by atoms with Crippen LogP contribution >= 0.6 is 0 Å². The highest BCUT2D eigenvalue weighted by molar-refractivity contribution is 6.01. The number of benzene rings is 2. The van der Waals surface area contributed by atoms with Crippen LogP contribution in [0.1, 0.15) is 74.5 Å². The zero-order chi connectivity index (χ0) is 23.8. The number of ketones is 1. The third-order valence-electron chi connectivity index (χ3n) is 6.34. The molecule has 0 bridgehead atoms. The van der Waals surface area contributed by atoms with Crippen LogP contribution in [0.25, 0.3) is 0 Å². The smallest absolute Gasteiger partial charge is 0.182 e. The summed E-state index contributed by atoms with van der Waals surface area (Å²) in [6.45, 7) is 12.7. The van der Waals surface area contributed by atoms with E-state index in [2.05, 4.69) is 0 Å². The van der Waals surface area contributed by atoms with Gasteiger partial charge in [0.25, 0.3) is 0 Å². The molecule has 1 heterocycles. The van der Waals surface area contributed by atoms with Crippen molar-refractivity contribution in [1.29, 1.82) is 5.41 Å². The molecule has 0 amide bonds. The summed E-state index contributed by atoms with van der Waals surface area (Å²) in [5.74, 6) is 0.197. The van der Waals surface area contributed by atoms with Gasteiger partial charge >= 0.3 is 0 Å². The number of hydrogen-bond donors (Lipinski definition) is 3. The van der Waals surface area contributed by atoms with Crippen LogP contribution in [0.2, 0.25) is 0 Å². The number of hydrogen-bond acceptors (Lipinski definition) is 4. The summed E-state index contributed by atoms with van der Waals surface area (Å²) in [6.07, 6.45) is 0. The van der Waals surface area contributed by atoms with E-state index in [1.165, 1.54) is 0 Å². The van der Waals surface area contributed by atoms with E-state index in [-0.39, 0.29) is 47.4 Å². The maximum absolute atomic E-state index is 13.4. The molecular weight excluding hydrogens is 400 g/mol. The van der Waals surface area contributed by atoms with Crippen molar-refractivity contribution >= 4 is 11.6 Å². The molecule has 1 fully saturated rings. The second-order valence-electron chi connectivity index (χ2n) is 10.9. The van der Waals surface area contributed by atoms with Crippen LogP contribution in [-0.4, -0.2) is 46.4 Å². The normalized spacial score (nSPS) is 19.5. The van der Waals surface area contributed by atoms with Gasteiger partial charge in [-0.1, -0.05) is 71.9 Å². The molecule has 3 N–H and O–H groups in total. The fraction of sp³-hybridized carbons (Fsp3) is 0.481. The molecule has 3 rings (SSSR count). The zero-order valence-corrected chi connectivity index (χ0v) is 20.1. The Morgan fingerprint density at radius 2 is 1.56 bits per heavy atom. The van der Waals surface area contributed by atoms with Crippen molar-refractivity contribution in [2.24, 2.45) is 5.92 Å². The van der Waals surface area contributed by atoms with Gasteiger partial charge < -0.3 is 15.1 Å². The number of amidine groups is 1. The Hall–Kier alpha value is -2.66. The van der Waals surface area contributed by atoms with Crippen molar-refractivity contribution in [3.63, 3.8) is 0 Å². The van der Waals surface area contributed by atoms with Gasteiger partial charge in [0.05, 0.1) is 6.54 Å². The molecule has 5 nitrogen and oxygen atoms in total. The number of aliphatic hydroxyl groups excluding tert-OH is 1. The molecule has 5 heteroatoms. The number of aromatic hydroxyl groups is 1. The first-order valence-electron chi connectivity index (χ1n) is 11.2. The Morgan fingerprint density at radius 1 is 1.03 bits per heavy atom. The van der Waals surface area contributed by atoms with Crippen molar-refractivity contribution in [1.82, 2.24) is 4.90 Å². The van der Waals surface area contributed by atoms with Crippen LogP contribution < -0.4 is 0 Å². The number of rotatable bonds is 5. The van der Waals surface area contributed by atoms with Gasteiger partial charge in [-0.25, -0.2) is 0 Å². The van der Waals surface area contributed by atoms with Crippen molar-refractivity contribution in [3.8, 4) is 5.75 Å². The second kappa shape index (κ2) is 8.70. The minimum absolute atomic E-state index is 0.0335. The van der Waals surface area contributed by atoms with E-state index in [0.717, 1.165) is 16.7 Å². The van der Waals surface area contributed by atoms with Crippen molar-refractivity contribution in [2.75, 3.05) is 19.7 Å². The predicted molar refractivity (Wildman–Crippen MR) is 129 cm³/mol. The van der Waals surface area contributed by atoms with Gasteiger partial charge in [0.15, 0.2) is 5.78 Å². The van der Waals surface area contributed by atoms with Crippen LogP contribution in [-0.2, 0) is 10.8 Å². The average molecular weight is 437 g/mol. The summed E-state index contributed by atoms with van der Waals surface area (Å²) in [4.78, 5) is 15.2. The van der Waals surface area contributed by atoms with E-state index in [4.69, 9.17) is 5.41 Å². The molecule has 0 radical (unpaired) electrons. The van der Waals surface area contributed by atoms with Gasteiger partial charge in [0, 0.05) is 41.7 Å². The summed E-state index contributed by atoms with van der Waals surface area (Å²) < 4.78 is 0. The van der Waals surface area contributed by atoms with Crippen LogP contribution in [0.3, 0.4) is 0 Å². The number of Topliss-reactive ketones (excluding diaryl/α,β-unsaturated/α-hetero) is 1. The fourth-order valence-electron chi connectivity index (χ4n) is 4.51. The molecule has 0 spiro atoms. The van der Waals surface area contributed by atoms with Gasteiger partial charge in [0.1, 0.15) is 11.6 Å². The molecule has 1 saturated heterocycles. The Morgan fingerprint density at radius 3 is 2.03 bits per heavy atom. The Bertz CT molecular complexity index is 965. The highest BCUT2D eigenvalue weighted by atomic mass is 16.3. The van der Waals surface area contributed by atoms with Gasteiger partial charge in [0.2, 0.25) is 0 Å². The number of phenols is 1. The van der Waals surface area contributed by atoms with Crippen molar-refractivity contribution in [2.45, 2.75) is 58.3 Å². The third-order valence-corrected chi connectivity index (χ3v) is 6.34. The fourth-order valence-corrected chi connectivity index (χ4v) is 4.51. The van der Waals surface area contributed by atoms with Gasteiger partial charge in [-0.3, -0.25) is 10.2 Å². The van der Waals surface area contributed by atoms with Crippen LogP contribution in [0.4, 0.5) is 0 Å². The highest BCUT2D eigenvalue weighted by Crippen LogP contribution is 2.40. The Kier molecular flexibility index (Phi) is 6.52. The van der Waals surface area contributed by atoms with Gasteiger partial charge in [-0.15, -0.1) is 0 Å². The molecule has 0 aromatic heterocycles. The predicted octanol–water partition coefficient (Wildman–Crippen LogP) is 4.86. The lowest BCUT2D eigenvalue weighted by atomic mass is 9.78. The maximum atomic E-state index is 13.4. The third kappa shape index (κ3) is 4.73. The Balaban J connectivity index is 1.93. The van der Waals surface area contributed by atoms with Crippen molar-refractivity contribution in [3.05, 3.63) is 64.7 Å². The number of nitrogens with zero attached hydrogens (tertiary/aromatic N) is 1. The molecule has 1 aliphatic rings. The number of aliphatic hydroxyl groups is 1. The van der Waals surface area contributed by atoms with E-state index in [1.807, 2.05) is 71.9 Å². The van der Waals surface area contributed by atoms with E-state index < -0.39 is 0 Å². The number of carbonyl (C=O) groups excluding carboxylic acids is 1. The highest BCUT2D eigenvalue weighted by Gasteiger charge is 2.39. The van der Waals surface area contributed by atoms with Crippen molar-refractivity contribution < 1.29 is 15.0 Å². The summed E-state index contributed by atoms with van der Waals surface area (Å²) >= 11 is 0. The van der Waals surface area contributed by atoms with E-state index in [9.17, 15) is 15.0 Å². The zero-order valence-electron chi connectivity index (χ0n) is 20.1. The first-order chi connectivity index (χ1) is 14.8. The minimum atomic E-state index is -0.318. The molecule has 0 saturated carbocycles. The number of carbonyl (C=O) groups is 1. The monoisotopic (exact) mass is 436 g/mol. The first-order valence-corrected chi connectivity index (χ1v) is 11.2. The van der Waals surface area contributed by atoms with Crippen LogP contribution in [0.15, 0.2) is 42.5 Å². The molecule has 0 aliphatic carbocycles.